The maximum atomic E-state index is 9.61. The van der Waals surface area contributed by atoms with Crippen LogP contribution in [0.2, 0.25) is 0 Å². The van der Waals surface area contributed by atoms with E-state index in [4.69, 9.17) is 10.4 Å². The molecule has 0 unspecified atom stereocenters. The lowest BCUT2D eigenvalue weighted by atomic mass is 10.4. The van der Waals surface area contributed by atoms with Crippen molar-refractivity contribution in [3.05, 3.63) is 12.2 Å². The molecule has 0 saturated heterocycles. The standard InChI is InChI=1S/C4H3NO2.Al.3H/c1-3(2-5)4(6)7;;;;/h1H2,(H,6,7);;;;. The molecule has 0 atom stereocenters. The molecular weight excluding hydrogens is 121 g/mol. The van der Waals surface area contributed by atoms with Crippen molar-refractivity contribution in [2.75, 3.05) is 0 Å². The first-order valence-corrected chi connectivity index (χ1v) is 1.50. The number of rotatable bonds is 1. The van der Waals surface area contributed by atoms with Crippen LogP contribution in [0.25, 0.3) is 0 Å². The largest absolute Gasteiger partial charge is 0.477 e. The summed E-state index contributed by atoms with van der Waals surface area (Å²) in [5.74, 6) is -1.26. The Kier molecular flexibility index (Phi) is 5.63. The fraction of sp³-hybridized carbons (Fsp3) is 0. The minimum Gasteiger partial charge on any atom is -0.477 e. The number of nitrogens with zero attached hydrogens (tertiary/aromatic N) is 1. The van der Waals surface area contributed by atoms with Crippen LogP contribution in [0.15, 0.2) is 12.2 Å². The summed E-state index contributed by atoms with van der Waals surface area (Å²) in [5, 5.41) is 15.6. The second kappa shape index (κ2) is 4.39. The molecule has 1 N–H and O–H groups in total. The van der Waals surface area contributed by atoms with E-state index in [9.17, 15) is 4.79 Å². The number of hydrogen-bond donors (Lipinski definition) is 1. The van der Waals surface area contributed by atoms with Crippen molar-refractivity contribution in [2.45, 2.75) is 0 Å². The summed E-state index contributed by atoms with van der Waals surface area (Å²) in [7, 11) is 0. The highest BCUT2D eigenvalue weighted by Crippen LogP contribution is 1.81. The monoisotopic (exact) mass is 127 g/mol. The average Bonchev–Trinajstić information content (AvgIpc) is 1.65. The first-order chi connectivity index (χ1) is 3.18. The summed E-state index contributed by atoms with van der Waals surface area (Å²) in [6, 6.07) is 1.37. The molecular formula is C4H6AlNO2. The van der Waals surface area contributed by atoms with Gasteiger partial charge in [0.05, 0.1) is 0 Å². The van der Waals surface area contributed by atoms with Gasteiger partial charge in [-0.25, -0.2) is 4.79 Å². The van der Waals surface area contributed by atoms with Crippen molar-refractivity contribution in [2.24, 2.45) is 0 Å². The zero-order chi connectivity index (χ0) is 5.86. The third-order valence-electron chi connectivity index (χ3n) is 0.393. The zero-order valence-electron chi connectivity index (χ0n) is 3.51. The van der Waals surface area contributed by atoms with E-state index in [0.717, 1.165) is 0 Å². The molecule has 0 amide bonds. The van der Waals surface area contributed by atoms with E-state index in [1.165, 1.54) is 6.07 Å². The van der Waals surface area contributed by atoms with Crippen LogP contribution in [0.4, 0.5) is 0 Å². The average molecular weight is 127 g/mol. The molecule has 0 heterocycles. The Morgan fingerprint density at radius 1 is 1.75 bits per heavy atom. The summed E-state index contributed by atoms with van der Waals surface area (Å²) in [6.07, 6.45) is 0. The van der Waals surface area contributed by atoms with Gasteiger partial charge in [0.15, 0.2) is 17.4 Å². The molecule has 0 aromatic carbocycles. The molecule has 0 fully saturated rings. The number of carboxylic acid groups (broad SMARTS) is 1. The van der Waals surface area contributed by atoms with Gasteiger partial charge in [-0.2, -0.15) is 5.26 Å². The Morgan fingerprint density at radius 2 is 2.12 bits per heavy atom. The van der Waals surface area contributed by atoms with E-state index < -0.39 is 11.5 Å². The first kappa shape index (κ1) is 10.3. The van der Waals surface area contributed by atoms with Crippen LogP contribution < -0.4 is 0 Å². The molecule has 0 rings (SSSR count). The normalized spacial score (nSPS) is 5.88. The van der Waals surface area contributed by atoms with Crippen LogP contribution in [-0.4, -0.2) is 28.4 Å². The SMILES string of the molecule is C=C(C#N)C(=O)O.[AlH3]. The predicted octanol–water partition coefficient (Wildman–Crippen LogP) is -1.03. The molecule has 0 aromatic rings. The lowest BCUT2D eigenvalue weighted by Crippen LogP contribution is -1.94. The molecule has 0 bridgehead atoms. The molecule has 0 aromatic heterocycles. The van der Waals surface area contributed by atoms with Gasteiger partial charge in [-0.15, -0.1) is 0 Å². The van der Waals surface area contributed by atoms with Gasteiger partial charge in [0, 0.05) is 0 Å². The smallest absolute Gasteiger partial charge is 0.345 e. The molecule has 8 heavy (non-hydrogen) atoms. The summed E-state index contributed by atoms with van der Waals surface area (Å²) in [6.45, 7) is 2.91. The van der Waals surface area contributed by atoms with E-state index in [0.29, 0.717) is 0 Å². The number of carboxylic acids is 1. The quantitative estimate of drug-likeness (QED) is 0.278. The predicted molar refractivity (Wildman–Crippen MR) is 32.3 cm³/mol. The van der Waals surface area contributed by atoms with Crippen LogP contribution >= 0.6 is 0 Å². The number of hydrogen-bond acceptors (Lipinski definition) is 2. The van der Waals surface area contributed by atoms with E-state index >= 15 is 0 Å². The lowest BCUT2D eigenvalue weighted by Gasteiger charge is -1.76. The van der Waals surface area contributed by atoms with Gasteiger partial charge < -0.3 is 5.11 Å². The van der Waals surface area contributed by atoms with Gasteiger partial charge >= 0.3 is 5.97 Å². The summed E-state index contributed by atoms with van der Waals surface area (Å²) in [5.41, 5.74) is -0.431. The van der Waals surface area contributed by atoms with Crippen molar-refractivity contribution >= 4 is 23.3 Å². The van der Waals surface area contributed by atoms with Crippen LogP contribution in [0.1, 0.15) is 0 Å². The van der Waals surface area contributed by atoms with Crippen molar-refractivity contribution in [1.82, 2.24) is 0 Å². The minimum atomic E-state index is -1.26. The topological polar surface area (TPSA) is 61.1 Å². The van der Waals surface area contributed by atoms with Gasteiger partial charge in [-0.1, -0.05) is 6.58 Å². The molecule has 0 saturated carbocycles. The van der Waals surface area contributed by atoms with Crippen molar-refractivity contribution < 1.29 is 9.90 Å². The zero-order valence-corrected chi connectivity index (χ0v) is 3.51. The van der Waals surface area contributed by atoms with Gasteiger partial charge in [0.1, 0.15) is 11.6 Å². The van der Waals surface area contributed by atoms with Crippen LogP contribution in [0, 0.1) is 11.3 Å². The van der Waals surface area contributed by atoms with Gasteiger partial charge in [-0.3, -0.25) is 0 Å². The van der Waals surface area contributed by atoms with Crippen LogP contribution in [0.5, 0.6) is 0 Å². The number of aliphatic carboxylic acids is 1. The van der Waals surface area contributed by atoms with Crippen LogP contribution in [-0.2, 0) is 4.79 Å². The van der Waals surface area contributed by atoms with Crippen molar-refractivity contribution in [3.63, 3.8) is 0 Å². The van der Waals surface area contributed by atoms with E-state index in [2.05, 4.69) is 6.58 Å². The molecule has 0 aliphatic rings. The fourth-order valence-electron chi connectivity index (χ4n) is 0.0478. The Morgan fingerprint density at radius 3 is 2.12 bits per heavy atom. The highest BCUT2D eigenvalue weighted by molar-refractivity contribution is 5.90. The van der Waals surface area contributed by atoms with E-state index in [1.807, 2.05) is 0 Å². The second-order valence-electron chi connectivity index (χ2n) is 0.896. The third kappa shape index (κ3) is 3.42. The lowest BCUT2D eigenvalue weighted by molar-refractivity contribution is -0.132. The molecule has 0 aliphatic heterocycles. The molecule has 0 radical (unpaired) electrons. The van der Waals surface area contributed by atoms with Gasteiger partial charge in [0.25, 0.3) is 0 Å². The van der Waals surface area contributed by atoms with Gasteiger partial charge in [-0.05, 0) is 0 Å². The Labute approximate surface area is 57.4 Å². The molecule has 0 spiro atoms. The summed E-state index contributed by atoms with van der Waals surface area (Å²) in [4.78, 5) is 9.61. The van der Waals surface area contributed by atoms with Gasteiger partial charge in [0.2, 0.25) is 0 Å². The highest BCUT2D eigenvalue weighted by Gasteiger charge is 1.97. The minimum absolute atomic E-state index is 0. The number of carbonyl (C=O) groups is 1. The van der Waals surface area contributed by atoms with E-state index in [1.54, 1.807) is 0 Å². The maximum Gasteiger partial charge on any atom is 0.345 e. The molecule has 3 nitrogen and oxygen atoms in total. The number of nitriles is 1. The van der Waals surface area contributed by atoms with Crippen molar-refractivity contribution in [3.8, 4) is 6.07 Å². The first-order valence-electron chi connectivity index (χ1n) is 1.50. The molecule has 0 aliphatic carbocycles. The maximum absolute atomic E-state index is 9.61. The second-order valence-corrected chi connectivity index (χ2v) is 0.896. The molecule has 4 heteroatoms. The third-order valence-corrected chi connectivity index (χ3v) is 0.393. The highest BCUT2D eigenvalue weighted by atomic mass is 27.0. The van der Waals surface area contributed by atoms with E-state index in [-0.39, 0.29) is 17.4 Å². The Hall–Kier alpha value is -0.768. The molecule has 42 valence electrons. The fourth-order valence-corrected chi connectivity index (χ4v) is 0.0478. The summed E-state index contributed by atoms with van der Waals surface area (Å²) < 4.78 is 0. The van der Waals surface area contributed by atoms with Crippen molar-refractivity contribution in [1.29, 1.82) is 5.26 Å². The summed E-state index contributed by atoms with van der Waals surface area (Å²) >= 11 is 0. The van der Waals surface area contributed by atoms with Crippen LogP contribution in [0.3, 0.4) is 0 Å². The Balaban J connectivity index is 0. The Bertz CT molecular complexity index is 147.